The Labute approximate surface area is 197 Å². The molecule has 6 heteroatoms. The maximum Gasteiger partial charge on any atom is 0.0736 e. The van der Waals surface area contributed by atoms with Gasteiger partial charge in [0.25, 0.3) is 0 Å². The number of rotatable bonds is 1. The first kappa shape index (κ1) is 20.2. The number of hydrogen-bond donors (Lipinski definition) is 3. The number of nitrogens with two attached hydrogens (primary N) is 1. The summed E-state index contributed by atoms with van der Waals surface area (Å²) in [4.78, 5) is 16.5. The third kappa shape index (κ3) is 3.93. The van der Waals surface area contributed by atoms with Gasteiger partial charge in [0.2, 0.25) is 0 Å². The molecule has 0 atom stereocenters. The van der Waals surface area contributed by atoms with Gasteiger partial charge in [-0.05, 0) is 84.5 Å². The van der Waals surface area contributed by atoms with Crippen LogP contribution in [0.4, 0.5) is 5.69 Å². The summed E-state index contributed by atoms with van der Waals surface area (Å²) in [5, 5.41) is 0. The summed E-state index contributed by atoms with van der Waals surface area (Å²) >= 11 is 0. The van der Waals surface area contributed by atoms with Crippen LogP contribution >= 0.6 is 0 Å². The van der Waals surface area contributed by atoms with Crippen molar-refractivity contribution in [2.45, 2.75) is 0 Å². The molecule has 0 unspecified atom stereocenters. The van der Waals surface area contributed by atoms with Crippen molar-refractivity contribution < 1.29 is 19.5 Å². The second-order valence-electron chi connectivity index (χ2n) is 7.71. The van der Waals surface area contributed by atoms with E-state index >= 15 is 0 Å². The van der Waals surface area contributed by atoms with Gasteiger partial charge < -0.3 is 15.7 Å². The zero-order chi connectivity index (χ0) is 20.8. The van der Waals surface area contributed by atoms with Crippen molar-refractivity contribution in [1.29, 1.82) is 0 Å². The Balaban J connectivity index is 0.00000216. The minimum atomic E-state index is 0. The Bertz CT molecular complexity index is 1540. The van der Waals surface area contributed by atoms with Crippen molar-refractivity contribution in [2.75, 3.05) is 5.73 Å². The van der Waals surface area contributed by atoms with Gasteiger partial charge in [0.05, 0.1) is 22.8 Å². The van der Waals surface area contributed by atoms with Crippen LogP contribution in [0.15, 0.2) is 72.8 Å². The molecule has 4 N–H and O–H groups in total. The Morgan fingerprint density at radius 2 is 1.12 bits per heavy atom. The van der Waals surface area contributed by atoms with Gasteiger partial charge in [0.15, 0.2) is 0 Å². The minimum absolute atomic E-state index is 0. The summed E-state index contributed by atoms with van der Waals surface area (Å²) in [5.41, 5.74) is 16.4. The molecule has 2 aliphatic heterocycles. The Morgan fingerprint density at radius 1 is 0.594 bits per heavy atom. The summed E-state index contributed by atoms with van der Waals surface area (Å²) in [6.45, 7) is 0. The first-order valence-corrected chi connectivity index (χ1v) is 10.1. The standard InChI is InChI=1S/C26H19N5.Zn/c27-17-3-1-16(2-4-17)25-14-24-13-22-8-7-20(29-22)11-18-5-6-19(28-18)12-21-9-10-23(30-21)15-26(25)31-24;/h1-15,29-30H,27H2;. The maximum atomic E-state index is 5.89. The average molecular weight is 467 g/mol. The van der Waals surface area contributed by atoms with Crippen molar-refractivity contribution in [3.05, 3.63) is 101 Å². The zero-order valence-corrected chi connectivity index (χ0v) is 20.3. The second kappa shape index (κ2) is 8.06. The van der Waals surface area contributed by atoms with Crippen molar-refractivity contribution in [3.8, 4) is 0 Å². The predicted molar refractivity (Wildman–Crippen MR) is 128 cm³/mol. The third-order valence-electron chi connectivity index (χ3n) is 5.39. The first-order chi connectivity index (χ1) is 15.2. The van der Waals surface area contributed by atoms with E-state index < -0.39 is 0 Å². The molecule has 150 valence electrons. The van der Waals surface area contributed by atoms with E-state index in [1.54, 1.807) is 0 Å². The number of H-pyrrole nitrogens is 2. The van der Waals surface area contributed by atoms with Gasteiger partial charge in [-0.25, -0.2) is 9.97 Å². The van der Waals surface area contributed by atoms with E-state index in [0.717, 1.165) is 61.7 Å². The van der Waals surface area contributed by atoms with Gasteiger partial charge in [0, 0.05) is 52.8 Å². The van der Waals surface area contributed by atoms with E-state index in [-0.39, 0.29) is 19.5 Å². The molecule has 32 heavy (non-hydrogen) atoms. The van der Waals surface area contributed by atoms with Crippen LogP contribution in [0, 0.1) is 0 Å². The largest absolute Gasteiger partial charge is 0.399 e. The van der Waals surface area contributed by atoms with Crippen molar-refractivity contribution in [1.82, 2.24) is 19.9 Å². The number of nitrogens with zero attached hydrogens (tertiary/aromatic N) is 2. The SMILES string of the molecule is Nc1ccc(C2=Cc3cc4ccc(cc5nc(cc6ccc(cc2n3)[nH]6)C=C5)[nH]4)cc1.[Zn]. The molecule has 0 saturated carbocycles. The fourth-order valence-corrected chi connectivity index (χ4v) is 3.91. The molecule has 0 radical (unpaired) electrons. The van der Waals surface area contributed by atoms with Gasteiger partial charge >= 0.3 is 0 Å². The van der Waals surface area contributed by atoms with E-state index in [0.29, 0.717) is 0 Å². The number of aromatic nitrogens is 4. The van der Waals surface area contributed by atoms with E-state index in [9.17, 15) is 0 Å². The maximum absolute atomic E-state index is 5.89. The van der Waals surface area contributed by atoms with Crippen molar-refractivity contribution in [3.63, 3.8) is 0 Å². The van der Waals surface area contributed by atoms with Crippen LogP contribution in [0.25, 0.3) is 45.9 Å². The number of nitrogens with one attached hydrogen (secondary N) is 2. The summed E-state index contributed by atoms with van der Waals surface area (Å²) in [5.74, 6) is 0. The molecule has 2 aliphatic rings. The van der Waals surface area contributed by atoms with E-state index in [4.69, 9.17) is 10.7 Å². The number of anilines is 1. The van der Waals surface area contributed by atoms with Gasteiger partial charge in [0.1, 0.15) is 0 Å². The Morgan fingerprint density at radius 3 is 1.72 bits per heavy atom. The van der Waals surface area contributed by atoms with Gasteiger partial charge in [-0.3, -0.25) is 0 Å². The molecule has 0 saturated heterocycles. The molecular weight excluding hydrogens is 448 g/mol. The summed E-state index contributed by atoms with van der Waals surface area (Å²) in [6.07, 6.45) is 6.15. The van der Waals surface area contributed by atoms with Crippen molar-refractivity contribution >= 4 is 51.6 Å². The first-order valence-electron chi connectivity index (χ1n) is 10.1. The molecule has 8 bridgehead atoms. The number of nitrogen functional groups attached to an aromatic ring is 1. The molecular formula is C26H19N5Zn. The molecule has 5 heterocycles. The quantitative estimate of drug-likeness (QED) is 0.216. The number of fused-ring (bicyclic) bond motifs is 8. The van der Waals surface area contributed by atoms with Crippen LogP contribution in [-0.2, 0) is 19.5 Å². The Hall–Kier alpha value is -3.76. The molecule has 4 aromatic rings. The number of benzene rings is 1. The summed E-state index contributed by atoms with van der Waals surface area (Å²) in [7, 11) is 0. The number of aromatic amines is 2. The molecule has 0 spiro atoms. The van der Waals surface area contributed by atoms with Gasteiger partial charge in [-0.1, -0.05) is 12.1 Å². The molecule has 1 aromatic carbocycles. The monoisotopic (exact) mass is 465 g/mol. The smallest absolute Gasteiger partial charge is 0.0736 e. The normalized spacial score (nSPS) is 12.3. The molecule has 0 fully saturated rings. The summed E-state index contributed by atoms with van der Waals surface area (Å²) < 4.78 is 0. The zero-order valence-electron chi connectivity index (χ0n) is 17.3. The molecule has 5 nitrogen and oxygen atoms in total. The van der Waals surface area contributed by atoms with Crippen molar-refractivity contribution in [2.24, 2.45) is 0 Å². The minimum Gasteiger partial charge on any atom is -0.399 e. The van der Waals surface area contributed by atoms with Gasteiger partial charge in [-0.2, -0.15) is 0 Å². The Kier molecular flexibility index (Phi) is 5.08. The number of hydrogen-bond acceptors (Lipinski definition) is 3. The fourth-order valence-electron chi connectivity index (χ4n) is 3.91. The topological polar surface area (TPSA) is 83.4 Å². The second-order valence-corrected chi connectivity index (χ2v) is 7.71. The van der Waals surface area contributed by atoms with Crippen LogP contribution in [-0.4, -0.2) is 19.9 Å². The van der Waals surface area contributed by atoms with Crippen LogP contribution in [0.2, 0.25) is 0 Å². The third-order valence-corrected chi connectivity index (χ3v) is 5.39. The predicted octanol–water partition coefficient (Wildman–Crippen LogP) is 5.65. The average Bonchev–Trinajstić information content (AvgIpc) is 3.54. The fraction of sp³-hybridized carbons (Fsp3) is 0. The van der Waals surface area contributed by atoms with E-state index in [1.807, 2.05) is 48.6 Å². The molecule has 6 rings (SSSR count). The van der Waals surface area contributed by atoms with Crippen LogP contribution in [0.1, 0.15) is 28.3 Å². The van der Waals surface area contributed by atoms with E-state index in [1.165, 1.54) is 0 Å². The summed E-state index contributed by atoms with van der Waals surface area (Å²) in [6, 6.07) is 24.3. The van der Waals surface area contributed by atoms with Crippen LogP contribution in [0.3, 0.4) is 0 Å². The van der Waals surface area contributed by atoms with Gasteiger partial charge in [-0.15, -0.1) is 0 Å². The molecule has 3 aromatic heterocycles. The van der Waals surface area contributed by atoms with Crippen LogP contribution in [0.5, 0.6) is 0 Å². The molecule has 0 amide bonds. The van der Waals surface area contributed by atoms with E-state index in [2.05, 4.69) is 57.4 Å². The molecule has 0 aliphatic carbocycles. The van der Waals surface area contributed by atoms with Crippen LogP contribution < -0.4 is 5.73 Å².